The number of nitrogens with one attached hydrogen (secondary N) is 1. The molecule has 0 spiro atoms. The normalized spacial score (nSPS) is 18.9. The number of hydrogen-bond acceptors (Lipinski definition) is 3. The molecule has 1 saturated heterocycles. The van der Waals surface area contributed by atoms with Gasteiger partial charge in [0.1, 0.15) is 0 Å². The summed E-state index contributed by atoms with van der Waals surface area (Å²) in [6.07, 6.45) is 2.11. The largest absolute Gasteiger partial charge is 0.478 e. The maximum Gasteiger partial charge on any atom is 0.336 e. The Morgan fingerprint density at radius 2 is 2.26 bits per heavy atom. The third-order valence-corrected chi connectivity index (χ3v) is 3.93. The second kappa shape index (κ2) is 4.90. The molecule has 5 heteroatoms. The first-order valence-electron chi connectivity index (χ1n) is 6.22. The van der Waals surface area contributed by atoms with Crippen LogP contribution in [0.1, 0.15) is 34.9 Å². The number of halogens is 1. The highest BCUT2D eigenvalue weighted by Gasteiger charge is 2.20. The first-order valence-corrected chi connectivity index (χ1v) is 7.01. The fraction of sp³-hybridized carbons (Fsp3) is 0.286. The van der Waals surface area contributed by atoms with Crippen molar-refractivity contribution in [1.29, 1.82) is 0 Å². The molecule has 1 aliphatic rings. The molecular weight excluding hydrogens is 308 g/mol. The lowest BCUT2D eigenvalue weighted by Crippen LogP contribution is -2.15. The number of aromatic carboxylic acids is 1. The van der Waals surface area contributed by atoms with Crippen LogP contribution in [0.4, 0.5) is 0 Å². The molecule has 1 fully saturated rings. The van der Waals surface area contributed by atoms with Gasteiger partial charge in [-0.05, 0) is 43.7 Å². The van der Waals surface area contributed by atoms with E-state index in [1.165, 1.54) is 0 Å². The lowest BCUT2D eigenvalue weighted by atomic mass is 10.0. The molecule has 1 aromatic heterocycles. The third kappa shape index (κ3) is 2.35. The molecule has 1 unspecified atom stereocenters. The highest BCUT2D eigenvalue weighted by atomic mass is 79.9. The van der Waals surface area contributed by atoms with Crippen molar-refractivity contribution in [3.05, 3.63) is 40.0 Å². The minimum absolute atomic E-state index is 0.172. The molecule has 1 aliphatic heterocycles. The van der Waals surface area contributed by atoms with Crippen molar-refractivity contribution < 1.29 is 9.90 Å². The SMILES string of the molecule is O=C(O)c1cc(C2CCCN2)nc2ccc(Br)cc12. The Bertz CT molecular complexity index is 651. The molecule has 0 radical (unpaired) electrons. The summed E-state index contributed by atoms with van der Waals surface area (Å²) in [6, 6.07) is 7.40. The van der Waals surface area contributed by atoms with Crippen molar-refractivity contribution in [2.75, 3.05) is 6.54 Å². The lowest BCUT2D eigenvalue weighted by molar-refractivity contribution is 0.0699. The van der Waals surface area contributed by atoms with E-state index in [9.17, 15) is 9.90 Å². The predicted octanol–water partition coefficient (Wildman–Crippen LogP) is 3.12. The van der Waals surface area contributed by atoms with Crippen LogP contribution >= 0.6 is 15.9 Å². The molecule has 0 aliphatic carbocycles. The van der Waals surface area contributed by atoms with Crippen LogP contribution in [-0.2, 0) is 0 Å². The van der Waals surface area contributed by atoms with Gasteiger partial charge in [-0.2, -0.15) is 0 Å². The van der Waals surface area contributed by atoms with Crippen LogP contribution in [0.5, 0.6) is 0 Å². The summed E-state index contributed by atoms with van der Waals surface area (Å²) in [7, 11) is 0. The number of hydrogen-bond donors (Lipinski definition) is 2. The Hall–Kier alpha value is -1.46. The molecule has 2 aromatic rings. The summed E-state index contributed by atoms with van der Waals surface area (Å²) in [5.41, 5.74) is 1.87. The number of fused-ring (bicyclic) bond motifs is 1. The molecule has 0 bridgehead atoms. The van der Waals surface area contributed by atoms with E-state index in [0.29, 0.717) is 10.9 Å². The number of nitrogens with zero attached hydrogens (tertiary/aromatic N) is 1. The zero-order chi connectivity index (χ0) is 13.4. The number of carboxylic acids is 1. The minimum Gasteiger partial charge on any atom is -0.478 e. The van der Waals surface area contributed by atoms with Gasteiger partial charge in [-0.15, -0.1) is 0 Å². The molecule has 2 heterocycles. The van der Waals surface area contributed by atoms with Crippen molar-refractivity contribution in [3.63, 3.8) is 0 Å². The van der Waals surface area contributed by atoms with E-state index in [4.69, 9.17) is 0 Å². The minimum atomic E-state index is -0.912. The van der Waals surface area contributed by atoms with Gasteiger partial charge in [-0.25, -0.2) is 4.79 Å². The number of aromatic nitrogens is 1. The molecule has 0 amide bonds. The van der Waals surface area contributed by atoms with Gasteiger partial charge < -0.3 is 10.4 Å². The molecule has 19 heavy (non-hydrogen) atoms. The zero-order valence-electron chi connectivity index (χ0n) is 10.2. The van der Waals surface area contributed by atoms with E-state index in [0.717, 1.165) is 35.1 Å². The summed E-state index contributed by atoms with van der Waals surface area (Å²) in [4.78, 5) is 16.0. The van der Waals surface area contributed by atoms with Gasteiger partial charge >= 0.3 is 5.97 Å². The fourth-order valence-electron chi connectivity index (χ4n) is 2.51. The number of pyridine rings is 1. The first-order chi connectivity index (χ1) is 9.15. The van der Waals surface area contributed by atoms with E-state index in [1.807, 2.05) is 12.1 Å². The first kappa shape index (κ1) is 12.6. The monoisotopic (exact) mass is 320 g/mol. The molecule has 1 atom stereocenters. The second-order valence-corrected chi connectivity index (χ2v) is 5.63. The van der Waals surface area contributed by atoms with Crippen LogP contribution in [-0.4, -0.2) is 22.6 Å². The molecule has 1 aromatic carbocycles. The van der Waals surface area contributed by atoms with Gasteiger partial charge in [0.2, 0.25) is 0 Å². The summed E-state index contributed by atoms with van der Waals surface area (Å²) < 4.78 is 0.857. The highest BCUT2D eigenvalue weighted by Crippen LogP contribution is 2.28. The van der Waals surface area contributed by atoms with Gasteiger partial charge in [0.25, 0.3) is 0 Å². The Balaban J connectivity index is 2.21. The van der Waals surface area contributed by atoms with Gasteiger partial charge in [-0.1, -0.05) is 15.9 Å². The predicted molar refractivity (Wildman–Crippen MR) is 76.4 cm³/mol. The van der Waals surface area contributed by atoms with Crippen LogP contribution in [0.15, 0.2) is 28.7 Å². The van der Waals surface area contributed by atoms with E-state index < -0.39 is 5.97 Å². The fourth-order valence-corrected chi connectivity index (χ4v) is 2.87. The maximum absolute atomic E-state index is 11.4. The van der Waals surface area contributed by atoms with Gasteiger partial charge in [0.05, 0.1) is 16.8 Å². The third-order valence-electron chi connectivity index (χ3n) is 3.44. The van der Waals surface area contributed by atoms with E-state index in [2.05, 4.69) is 26.2 Å². The van der Waals surface area contributed by atoms with Gasteiger partial charge in [0, 0.05) is 15.9 Å². The summed E-state index contributed by atoms with van der Waals surface area (Å²) in [5.74, 6) is -0.912. The van der Waals surface area contributed by atoms with Crippen LogP contribution < -0.4 is 5.32 Å². The number of carbonyl (C=O) groups is 1. The summed E-state index contributed by atoms with van der Waals surface area (Å²) in [6.45, 7) is 0.965. The molecule has 0 saturated carbocycles. The van der Waals surface area contributed by atoms with E-state index in [1.54, 1.807) is 12.1 Å². The van der Waals surface area contributed by atoms with Crippen molar-refractivity contribution >= 4 is 32.8 Å². The zero-order valence-corrected chi connectivity index (χ0v) is 11.8. The Labute approximate surface area is 119 Å². The average molecular weight is 321 g/mol. The summed E-state index contributed by atoms with van der Waals surface area (Å²) >= 11 is 3.37. The summed E-state index contributed by atoms with van der Waals surface area (Å²) in [5, 5.41) is 13.4. The molecular formula is C14H13BrN2O2. The number of benzene rings is 1. The van der Waals surface area contributed by atoms with Gasteiger partial charge in [0.15, 0.2) is 0 Å². The van der Waals surface area contributed by atoms with Gasteiger partial charge in [-0.3, -0.25) is 4.98 Å². The number of carboxylic acid groups (broad SMARTS) is 1. The van der Waals surface area contributed by atoms with Crippen molar-refractivity contribution in [2.24, 2.45) is 0 Å². The smallest absolute Gasteiger partial charge is 0.336 e. The van der Waals surface area contributed by atoms with Crippen LogP contribution in [0.3, 0.4) is 0 Å². The molecule has 2 N–H and O–H groups in total. The Kier molecular flexibility index (Phi) is 3.24. The van der Waals surface area contributed by atoms with Crippen LogP contribution in [0.2, 0.25) is 0 Å². The quantitative estimate of drug-likeness (QED) is 0.892. The maximum atomic E-state index is 11.4. The van der Waals surface area contributed by atoms with Crippen LogP contribution in [0, 0.1) is 0 Å². The van der Waals surface area contributed by atoms with E-state index >= 15 is 0 Å². The standard InChI is InChI=1S/C14H13BrN2O2/c15-8-3-4-11-9(6-8)10(14(18)19)7-13(17-11)12-2-1-5-16-12/h3-4,6-7,12,16H,1-2,5H2,(H,18,19). The Morgan fingerprint density at radius 3 is 2.95 bits per heavy atom. The van der Waals surface area contributed by atoms with Crippen molar-refractivity contribution in [2.45, 2.75) is 18.9 Å². The van der Waals surface area contributed by atoms with Crippen molar-refractivity contribution in [3.8, 4) is 0 Å². The number of rotatable bonds is 2. The van der Waals surface area contributed by atoms with E-state index in [-0.39, 0.29) is 6.04 Å². The van der Waals surface area contributed by atoms with Crippen LogP contribution in [0.25, 0.3) is 10.9 Å². The molecule has 3 rings (SSSR count). The topological polar surface area (TPSA) is 62.2 Å². The Morgan fingerprint density at radius 1 is 1.42 bits per heavy atom. The highest BCUT2D eigenvalue weighted by molar-refractivity contribution is 9.10. The van der Waals surface area contributed by atoms with Crippen molar-refractivity contribution in [1.82, 2.24) is 10.3 Å². The second-order valence-electron chi connectivity index (χ2n) is 4.71. The molecule has 4 nitrogen and oxygen atoms in total. The molecule has 98 valence electrons. The average Bonchev–Trinajstić information content (AvgIpc) is 2.91. The lowest BCUT2D eigenvalue weighted by Gasteiger charge is -2.12.